The van der Waals surface area contributed by atoms with E-state index in [1.807, 2.05) is 0 Å². The zero-order valence-electron chi connectivity index (χ0n) is 13.2. The molecule has 0 aromatic carbocycles. The van der Waals surface area contributed by atoms with E-state index in [-0.39, 0.29) is 6.61 Å². The second-order valence-corrected chi connectivity index (χ2v) is 4.87. The molecule has 11 nitrogen and oxygen atoms in total. The number of rotatable bonds is 5. The topological polar surface area (TPSA) is 161 Å². The number of ether oxygens (including phenoxy) is 4. The van der Waals surface area contributed by atoms with Gasteiger partial charge in [-0.2, -0.15) is 5.26 Å². The predicted molar refractivity (Wildman–Crippen MR) is 74.9 cm³/mol. The van der Waals surface area contributed by atoms with Gasteiger partial charge in [0.05, 0.1) is 6.07 Å². The number of hydrogen-bond acceptors (Lipinski definition) is 9. The van der Waals surface area contributed by atoms with Crippen molar-refractivity contribution in [3.63, 3.8) is 0 Å². The van der Waals surface area contributed by atoms with E-state index in [2.05, 4.69) is 10.0 Å². The molecule has 0 aliphatic carbocycles. The Hall–Kier alpha value is -2.83. The molecule has 5 atom stereocenters. The highest BCUT2D eigenvalue weighted by Gasteiger charge is 2.50. The number of nitrogens with zero attached hydrogens (tertiary/aromatic N) is 4. The van der Waals surface area contributed by atoms with Gasteiger partial charge in [0.15, 0.2) is 18.3 Å². The lowest BCUT2D eigenvalue weighted by molar-refractivity contribution is -0.213. The standard InChI is InChI=1S/C13H16N4O7/c1-6(18)21-5-10-12(22-7(2)19)13(23-8(3)20)11(16-17-15)9(4-14)24-10/h9-13H,5H2,1-3H3/t9?,10?,11?,12-,13-/m1/s1. The summed E-state index contributed by atoms with van der Waals surface area (Å²) >= 11 is 0. The summed E-state index contributed by atoms with van der Waals surface area (Å²) in [6.07, 6.45) is -4.83. The van der Waals surface area contributed by atoms with Gasteiger partial charge in [0, 0.05) is 25.7 Å². The Labute approximate surface area is 137 Å². The van der Waals surface area contributed by atoms with E-state index >= 15 is 0 Å². The molecular weight excluding hydrogens is 324 g/mol. The molecule has 0 N–H and O–H groups in total. The van der Waals surface area contributed by atoms with E-state index in [1.165, 1.54) is 0 Å². The van der Waals surface area contributed by atoms with Crippen LogP contribution in [0.5, 0.6) is 0 Å². The van der Waals surface area contributed by atoms with E-state index in [0.29, 0.717) is 0 Å². The van der Waals surface area contributed by atoms with Gasteiger partial charge in [0.25, 0.3) is 0 Å². The zero-order valence-corrected chi connectivity index (χ0v) is 13.2. The maximum atomic E-state index is 11.4. The molecule has 0 bridgehead atoms. The van der Waals surface area contributed by atoms with Gasteiger partial charge in [-0.3, -0.25) is 14.4 Å². The van der Waals surface area contributed by atoms with Gasteiger partial charge in [-0.05, 0) is 5.53 Å². The number of carbonyl (C=O) groups is 3. The molecule has 1 aliphatic heterocycles. The van der Waals surface area contributed by atoms with Gasteiger partial charge in [-0.25, -0.2) is 0 Å². The first-order valence-electron chi connectivity index (χ1n) is 6.87. The summed E-state index contributed by atoms with van der Waals surface area (Å²) < 4.78 is 20.4. The third kappa shape index (κ3) is 5.12. The predicted octanol–water partition coefficient (Wildman–Crippen LogP) is 0.383. The molecule has 0 radical (unpaired) electrons. The molecular formula is C13H16N4O7. The quantitative estimate of drug-likeness (QED) is 0.228. The Morgan fingerprint density at radius 3 is 2.21 bits per heavy atom. The van der Waals surface area contributed by atoms with Crippen LogP contribution in [0.25, 0.3) is 10.4 Å². The summed E-state index contributed by atoms with van der Waals surface area (Å²) in [6.45, 7) is 3.05. The highest BCUT2D eigenvalue weighted by molar-refractivity contribution is 5.68. The maximum absolute atomic E-state index is 11.4. The molecule has 0 amide bonds. The van der Waals surface area contributed by atoms with Crippen molar-refractivity contribution in [2.24, 2.45) is 5.11 Å². The summed E-state index contributed by atoms with van der Waals surface area (Å²) in [5, 5.41) is 12.6. The second-order valence-electron chi connectivity index (χ2n) is 4.87. The lowest BCUT2D eigenvalue weighted by Crippen LogP contribution is -2.60. The second kappa shape index (κ2) is 8.71. The Balaban J connectivity index is 3.22. The van der Waals surface area contributed by atoms with Gasteiger partial charge in [-0.1, -0.05) is 5.11 Å². The van der Waals surface area contributed by atoms with Crippen LogP contribution < -0.4 is 0 Å². The van der Waals surface area contributed by atoms with Crippen molar-refractivity contribution in [3.05, 3.63) is 10.4 Å². The summed E-state index contributed by atoms with van der Waals surface area (Å²) in [5.74, 6) is -2.07. The van der Waals surface area contributed by atoms with Crippen molar-refractivity contribution < 1.29 is 33.3 Å². The number of azide groups is 1. The smallest absolute Gasteiger partial charge is 0.303 e. The monoisotopic (exact) mass is 340 g/mol. The van der Waals surface area contributed by atoms with E-state index < -0.39 is 48.4 Å². The Kier molecular flexibility index (Phi) is 6.98. The lowest BCUT2D eigenvalue weighted by Gasteiger charge is -2.41. The minimum Gasteiger partial charge on any atom is -0.463 e. The van der Waals surface area contributed by atoms with Gasteiger partial charge < -0.3 is 18.9 Å². The number of carbonyl (C=O) groups excluding carboxylic acids is 3. The summed E-state index contributed by atoms with van der Waals surface area (Å²) in [5.41, 5.74) is 8.67. The first-order valence-corrected chi connectivity index (χ1v) is 6.87. The average molecular weight is 340 g/mol. The highest BCUT2D eigenvalue weighted by Crippen LogP contribution is 2.28. The number of nitriles is 1. The van der Waals surface area contributed by atoms with Crippen LogP contribution in [0.1, 0.15) is 20.8 Å². The van der Waals surface area contributed by atoms with Crippen LogP contribution in [0, 0.1) is 11.3 Å². The Bertz CT molecular complexity index is 596. The van der Waals surface area contributed by atoms with Crippen LogP contribution in [0.3, 0.4) is 0 Å². The van der Waals surface area contributed by atoms with Crippen LogP contribution in [-0.2, 0) is 33.3 Å². The van der Waals surface area contributed by atoms with Crippen LogP contribution >= 0.6 is 0 Å². The van der Waals surface area contributed by atoms with Crippen LogP contribution in [0.15, 0.2) is 5.11 Å². The summed E-state index contributed by atoms with van der Waals surface area (Å²) in [7, 11) is 0. The normalized spacial score (nSPS) is 28.7. The van der Waals surface area contributed by atoms with E-state index in [1.54, 1.807) is 6.07 Å². The molecule has 1 aliphatic rings. The lowest BCUT2D eigenvalue weighted by atomic mass is 9.93. The van der Waals surface area contributed by atoms with Crippen LogP contribution in [-0.4, -0.2) is 55.0 Å². The fraction of sp³-hybridized carbons (Fsp3) is 0.692. The number of hydrogen-bond donors (Lipinski definition) is 0. The molecule has 3 unspecified atom stereocenters. The average Bonchev–Trinajstić information content (AvgIpc) is 2.48. The van der Waals surface area contributed by atoms with E-state index in [4.69, 9.17) is 24.5 Å². The molecule has 0 spiro atoms. The minimum atomic E-state index is -1.28. The molecule has 1 heterocycles. The minimum absolute atomic E-state index is 0.341. The third-order valence-electron chi connectivity index (χ3n) is 3.03. The molecule has 130 valence electrons. The van der Waals surface area contributed by atoms with Gasteiger partial charge >= 0.3 is 17.9 Å². The zero-order chi connectivity index (χ0) is 18.3. The molecule has 1 saturated heterocycles. The van der Waals surface area contributed by atoms with Crippen molar-refractivity contribution in [1.82, 2.24) is 0 Å². The van der Waals surface area contributed by atoms with Crippen molar-refractivity contribution in [2.75, 3.05) is 6.61 Å². The molecule has 24 heavy (non-hydrogen) atoms. The highest BCUT2D eigenvalue weighted by atomic mass is 16.6. The molecule has 0 aromatic heterocycles. The number of esters is 3. The first-order chi connectivity index (χ1) is 11.3. The van der Waals surface area contributed by atoms with Crippen molar-refractivity contribution in [3.8, 4) is 6.07 Å². The molecule has 0 saturated carbocycles. The molecule has 1 fully saturated rings. The van der Waals surface area contributed by atoms with Crippen molar-refractivity contribution in [2.45, 2.75) is 51.2 Å². The SMILES string of the molecule is CC(=O)OCC1OC(C#N)C(N=[N+]=[N-])[C@@H](OC(C)=O)[C@@H]1OC(C)=O. The van der Waals surface area contributed by atoms with E-state index in [9.17, 15) is 19.6 Å². The summed E-state index contributed by atoms with van der Waals surface area (Å²) in [6, 6.07) is 0.540. The van der Waals surface area contributed by atoms with Crippen LogP contribution in [0.2, 0.25) is 0 Å². The fourth-order valence-electron chi connectivity index (χ4n) is 2.21. The van der Waals surface area contributed by atoms with Crippen molar-refractivity contribution in [1.29, 1.82) is 5.26 Å². The maximum Gasteiger partial charge on any atom is 0.303 e. The first kappa shape index (κ1) is 19.2. The third-order valence-corrected chi connectivity index (χ3v) is 3.03. The Morgan fingerprint density at radius 2 is 1.75 bits per heavy atom. The van der Waals surface area contributed by atoms with Crippen LogP contribution in [0.4, 0.5) is 0 Å². The molecule has 1 rings (SSSR count). The van der Waals surface area contributed by atoms with Gasteiger partial charge in [0.1, 0.15) is 18.8 Å². The largest absolute Gasteiger partial charge is 0.463 e. The van der Waals surface area contributed by atoms with Crippen molar-refractivity contribution >= 4 is 17.9 Å². The van der Waals surface area contributed by atoms with E-state index in [0.717, 1.165) is 20.8 Å². The molecule has 11 heteroatoms. The Morgan fingerprint density at radius 1 is 1.17 bits per heavy atom. The molecule has 0 aromatic rings. The van der Waals surface area contributed by atoms with Gasteiger partial charge in [0.2, 0.25) is 0 Å². The fourth-order valence-corrected chi connectivity index (χ4v) is 2.21. The summed E-state index contributed by atoms with van der Waals surface area (Å²) in [4.78, 5) is 36.3. The van der Waals surface area contributed by atoms with Gasteiger partial charge in [-0.15, -0.1) is 0 Å².